The normalized spacial score (nSPS) is 12.4. The van der Waals surface area contributed by atoms with E-state index in [4.69, 9.17) is 4.74 Å². The van der Waals surface area contributed by atoms with Gasteiger partial charge in [0.2, 0.25) is 0 Å². The van der Waals surface area contributed by atoms with Gasteiger partial charge in [-0.1, -0.05) is 19.4 Å². The topological polar surface area (TPSA) is 21.3 Å². The molecule has 0 radical (unpaired) electrons. The van der Waals surface area contributed by atoms with Crippen LogP contribution in [-0.4, -0.2) is 13.7 Å². The van der Waals surface area contributed by atoms with Crippen molar-refractivity contribution < 1.29 is 4.74 Å². The molecule has 1 rings (SSSR count). The number of thiophene rings is 1. The molecule has 0 saturated carbocycles. The van der Waals surface area contributed by atoms with Gasteiger partial charge in [0.1, 0.15) is 5.75 Å². The van der Waals surface area contributed by atoms with E-state index in [1.54, 1.807) is 18.4 Å². The Labute approximate surface area is 109 Å². The summed E-state index contributed by atoms with van der Waals surface area (Å²) in [5.41, 5.74) is 0. The van der Waals surface area contributed by atoms with Crippen molar-refractivity contribution in [1.29, 1.82) is 0 Å². The molecule has 1 heterocycles. The maximum absolute atomic E-state index is 5.28. The number of hydrogen-bond acceptors (Lipinski definition) is 3. The predicted octanol–water partition coefficient (Wildman–Crippen LogP) is 3.84. The minimum Gasteiger partial charge on any atom is -0.496 e. The van der Waals surface area contributed by atoms with E-state index in [9.17, 15) is 0 Å². The van der Waals surface area contributed by atoms with Crippen LogP contribution < -0.4 is 10.1 Å². The van der Waals surface area contributed by atoms with Crippen molar-refractivity contribution in [2.45, 2.75) is 32.7 Å². The summed E-state index contributed by atoms with van der Waals surface area (Å²) in [6.45, 7) is 8.02. The summed E-state index contributed by atoms with van der Waals surface area (Å²) < 4.78 is 5.28. The van der Waals surface area contributed by atoms with Crippen molar-refractivity contribution in [2.75, 3.05) is 13.7 Å². The molecule has 0 aliphatic carbocycles. The molecule has 0 aliphatic heterocycles. The summed E-state index contributed by atoms with van der Waals surface area (Å²) in [5.74, 6) is 1.77. The Morgan fingerprint density at radius 1 is 1.59 bits per heavy atom. The number of methoxy groups -OCH3 is 1. The fourth-order valence-electron chi connectivity index (χ4n) is 1.87. The summed E-state index contributed by atoms with van der Waals surface area (Å²) in [6, 6.07) is 2.02. The number of ether oxygens (including phenoxy) is 1. The van der Waals surface area contributed by atoms with E-state index in [2.05, 4.69) is 24.2 Å². The molecule has 0 amide bonds. The van der Waals surface area contributed by atoms with Crippen LogP contribution in [0.15, 0.2) is 24.1 Å². The summed E-state index contributed by atoms with van der Waals surface area (Å²) in [6.07, 6.45) is 5.60. The van der Waals surface area contributed by atoms with E-state index < -0.39 is 0 Å². The van der Waals surface area contributed by atoms with Crippen LogP contribution in [0, 0.1) is 5.92 Å². The molecule has 1 N–H and O–H groups in total. The summed E-state index contributed by atoms with van der Waals surface area (Å²) in [5, 5.41) is 5.55. The zero-order chi connectivity index (χ0) is 12.5. The lowest BCUT2D eigenvalue weighted by atomic mass is 9.99. The van der Waals surface area contributed by atoms with E-state index >= 15 is 0 Å². The Balaban J connectivity index is 2.21. The molecule has 1 unspecified atom stereocenters. The van der Waals surface area contributed by atoms with E-state index in [1.165, 1.54) is 17.7 Å². The lowest BCUT2D eigenvalue weighted by molar-refractivity contribution is 0.408. The van der Waals surface area contributed by atoms with Gasteiger partial charge < -0.3 is 10.1 Å². The molecule has 1 atom stereocenters. The highest BCUT2D eigenvalue weighted by molar-refractivity contribution is 7.10. The standard InChI is InChI=1S/C14H23NOS/c1-4-6-12(5-2)7-9-15-11-14-13(16-3)8-10-17-14/h4,8,10,12,15H,1,5-7,9,11H2,2-3H3. The molecule has 0 aliphatic rings. The van der Waals surface area contributed by atoms with Crippen molar-refractivity contribution in [3.8, 4) is 5.75 Å². The summed E-state index contributed by atoms with van der Waals surface area (Å²) >= 11 is 1.75. The van der Waals surface area contributed by atoms with Gasteiger partial charge in [0, 0.05) is 6.54 Å². The lowest BCUT2D eigenvalue weighted by Gasteiger charge is -2.12. The summed E-state index contributed by atoms with van der Waals surface area (Å²) in [7, 11) is 1.72. The third-order valence-electron chi connectivity index (χ3n) is 3.02. The van der Waals surface area contributed by atoms with Crippen LogP contribution in [0.1, 0.15) is 31.1 Å². The fourth-order valence-corrected chi connectivity index (χ4v) is 2.68. The van der Waals surface area contributed by atoms with Gasteiger partial charge in [0.25, 0.3) is 0 Å². The largest absolute Gasteiger partial charge is 0.496 e. The second-order valence-corrected chi connectivity index (χ2v) is 5.18. The minimum atomic E-state index is 0.769. The van der Waals surface area contributed by atoms with Gasteiger partial charge in [0.15, 0.2) is 0 Å². The smallest absolute Gasteiger partial charge is 0.134 e. The van der Waals surface area contributed by atoms with Crippen molar-refractivity contribution in [3.05, 3.63) is 29.0 Å². The highest BCUT2D eigenvalue weighted by Crippen LogP contribution is 2.24. The van der Waals surface area contributed by atoms with Crippen LogP contribution >= 0.6 is 11.3 Å². The van der Waals surface area contributed by atoms with Gasteiger partial charge in [-0.05, 0) is 36.8 Å². The molecule has 3 heteroatoms. The quantitative estimate of drug-likeness (QED) is 0.533. The third kappa shape index (κ3) is 4.92. The fraction of sp³-hybridized carbons (Fsp3) is 0.571. The van der Waals surface area contributed by atoms with Crippen molar-refractivity contribution in [3.63, 3.8) is 0 Å². The number of hydrogen-bond donors (Lipinski definition) is 1. The van der Waals surface area contributed by atoms with Gasteiger partial charge in [0.05, 0.1) is 12.0 Å². The van der Waals surface area contributed by atoms with Crippen LogP contribution in [0.5, 0.6) is 5.75 Å². The summed E-state index contributed by atoms with van der Waals surface area (Å²) in [4.78, 5) is 1.28. The zero-order valence-electron chi connectivity index (χ0n) is 10.9. The van der Waals surface area contributed by atoms with Gasteiger partial charge >= 0.3 is 0 Å². The number of rotatable bonds is 9. The van der Waals surface area contributed by atoms with Gasteiger partial charge in [-0.15, -0.1) is 17.9 Å². The highest BCUT2D eigenvalue weighted by Gasteiger charge is 2.05. The highest BCUT2D eigenvalue weighted by atomic mass is 32.1. The molecular formula is C14H23NOS. The Bertz CT molecular complexity index is 322. The molecule has 0 aromatic carbocycles. The first-order valence-electron chi connectivity index (χ1n) is 6.23. The van der Waals surface area contributed by atoms with E-state index in [0.29, 0.717) is 0 Å². The van der Waals surface area contributed by atoms with Crippen molar-refractivity contribution in [1.82, 2.24) is 5.32 Å². The first-order chi connectivity index (χ1) is 8.31. The predicted molar refractivity (Wildman–Crippen MR) is 75.8 cm³/mol. The molecule has 2 nitrogen and oxygen atoms in total. The average Bonchev–Trinajstić information content (AvgIpc) is 2.80. The lowest BCUT2D eigenvalue weighted by Crippen LogP contribution is -2.17. The minimum absolute atomic E-state index is 0.769. The van der Waals surface area contributed by atoms with Crippen LogP contribution in [0.2, 0.25) is 0 Å². The van der Waals surface area contributed by atoms with E-state index in [-0.39, 0.29) is 0 Å². The molecular weight excluding hydrogens is 230 g/mol. The van der Waals surface area contributed by atoms with Crippen LogP contribution in [-0.2, 0) is 6.54 Å². The monoisotopic (exact) mass is 253 g/mol. The average molecular weight is 253 g/mol. The molecule has 1 aromatic heterocycles. The first kappa shape index (κ1) is 14.3. The van der Waals surface area contributed by atoms with Gasteiger partial charge in [-0.3, -0.25) is 0 Å². The molecule has 1 aromatic rings. The first-order valence-corrected chi connectivity index (χ1v) is 7.11. The Morgan fingerprint density at radius 2 is 2.41 bits per heavy atom. The number of allylic oxidation sites excluding steroid dienone is 1. The maximum atomic E-state index is 5.28. The van der Waals surface area contributed by atoms with Gasteiger partial charge in [-0.25, -0.2) is 0 Å². The Kier molecular flexibility index (Phi) is 6.97. The van der Waals surface area contributed by atoms with E-state index in [0.717, 1.165) is 31.2 Å². The SMILES string of the molecule is C=CCC(CC)CCNCc1sccc1OC. The molecule has 0 bridgehead atoms. The van der Waals surface area contributed by atoms with Gasteiger partial charge in [-0.2, -0.15) is 0 Å². The Morgan fingerprint density at radius 3 is 3.06 bits per heavy atom. The third-order valence-corrected chi connectivity index (χ3v) is 3.92. The van der Waals surface area contributed by atoms with Crippen molar-refractivity contribution in [2.24, 2.45) is 5.92 Å². The maximum Gasteiger partial charge on any atom is 0.134 e. The van der Waals surface area contributed by atoms with Crippen molar-refractivity contribution >= 4 is 11.3 Å². The molecule has 0 fully saturated rings. The number of nitrogens with one attached hydrogen (secondary N) is 1. The molecule has 17 heavy (non-hydrogen) atoms. The second kappa shape index (κ2) is 8.31. The molecule has 96 valence electrons. The zero-order valence-corrected chi connectivity index (χ0v) is 11.7. The second-order valence-electron chi connectivity index (χ2n) is 4.18. The van der Waals surface area contributed by atoms with Crippen LogP contribution in [0.4, 0.5) is 0 Å². The Hall–Kier alpha value is -0.800. The van der Waals surface area contributed by atoms with E-state index in [1.807, 2.05) is 12.1 Å². The van der Waals surface area contributed by atoms with Crippen LogP contribution in [0.3, 0.4) is 0 Å². The van der Waals surface area contributed by atoms with Crippen LogP contribution in [0.25, 0.3) is 0 Å². The molecule has 0 saturated heterocycles. The molecule has 0 spiro atoms.